The van der Waals surface area contributed by atoms with Crippen LogP contribution in [-0.4, -0.2) is 31.1 Å². The van der Waals surface area contributed by atoms with Crippen molar-refractivity contribution < 1.29 is 36.6 Å². The molecule has 0 fully saturated rings. The highest BCUT2D eigenvalue weighted by Gasteiger charge is 2.43. The molecule has 106 valence electrons. The molecule has 0 aliphatic carbocycles. The number of esters is 2. The van der Waals surface area contributed by atoms with Gasteiger partial charge in [0, 0.05) is 0 Å². The summed E-state index contributed by atoms with van der Waals surface area (Å²) < 4.78 is 55.2. The Kier molecular flexibility index (Phi) is 5.56. The Bertz CT molecular complexity index is 311. The molecule has 0 spiro atoms. The molecule has 0 saturated carbocycles. The van der Waals surface area contributed by atoms with E-state index in [4.69, 9.17) is 0 Å². The Morgan fingerprint density at radius 3 is 2.11 bits per heavy atom. The minimum Gasteiger partial charge on any atom is -0.453 e. The summed E-state index contributed by atoms with van der Waals surface area (Å²) in [7, 11) is 0. The van der Waals surface area contributed by atoms with Crippen LogP contribution in [0.25, 0.3) is 0 Å². The van der Waals surface area contributed by atoms with Crippen LogP contribution in [0.2, 0.25) is 0 Å². The lowest BCUT2D eigenvalue weighted by Crippen LogP contribution is -2.33. The summed E-state index contributed by atoms with van der Waals surface area (Å²) in [6.07, 6.45) is -8.60. The van der Waals surface area contributed by atoms with Crippen molar-refractivity contribution in [3.05, 3.63) is 0 Å². The van der Waals surface area contributed by atoms with E-state index in [9.17, 15) is 27.2 Å². The van der Waals surface area contributed by atoms with E-state index in [2.05, 4.69) is 9.47 Å². The van der Waals surface area contributed by atoms with Crippen LogP contribution in [0, 0.1) is 5.41 Å². The van der Waals surface area contributed by atoms with Gasteiger partial charge in [-0.25, -0.2) is 4.79 Å². The number of hydrogen-bond acceptors (Lipinski definition) is 4. The number of carbonyl (C=O) groups is 2. The van der Waals surface area contributed by atoms with Crippen LogP contribution >= 0.6 is 0 Å². The van der Waals surface area contributed by atoms with Gasteiger partial charge in [0.25, 0.3) is 0 Å². The second-order valence-electron chi connectivity index (χ2n) is 4.16. The van der Waals surface area contributed by atoms with Gasteiger partial charge in [0.2, 0.25) is 0 Å². The number of ether oxygens (including phenoxy) is 2. The summed E-state index contributed by atoms with van der Waals surface area (Å²) in [6, 6.07) is 0. The van der Waals surface area contributed by atoms with Gasteiger partial charge in [-0.05, 0) is 20.3 Å². The Hall–Kier alpha value is -1.34. The lowest BCUT2D eigenvalue weighted by Gasteiger charge is -2.20. The molecular formula is C10H14F4O4. The molecule has 18 heavy (non-hydrogen) atoms. The third-order valence-corrected chi connectivity index (χ3v) is 2.25. The van der Waals surface area contributed by atoms with Gasteiger partial charge < -0.3 is 9.47 Å². The molecule has 8 heteroatoms. The zero-order chi connectivity index (χ0) is 14.6. The summed E-state index contributed by atoms with van der Waals surface area (Å²) >= 11 is 0. The maximum absolute atomic E-state index is 12.3. The topological polar surface area (TPSA) is 52.6 Å². The fourth-order valence-electron chi connectivity index (χ4n) is 0.680. The van der Waals surface area contributed by atoms with E-state index in [1.54, 1.807) is 6.92 Å². The number of halogens is 4. The first kappa shape index (κ1) is 16.7. The SMILES string of the molecule is CCC(C)(C)C(=O)OCC(=O)OC(F)C(F)(F)F. The smallest absolute Gasteiger partial charge is 0.453 e. The summed E-state index contributed by atoms with van der Waals surface area (Å²) in [5.41, 5.74) is -0.876. The highest BCUT2D eigenvalue weighted by Crippen LogP contribution is 2.24. The van der Waals surface area contributed by atoms with E-state index in [0.29, 0.717) is 6.42 Å². The van der Waals surface area contributed by atoms with Gasteiger partial charge in [-0.3, -0.25) is 4.79 Å². The van der Waals surface area contributed by atoms with Gasteiger partial charge in [0.15, 0.2) is 6.61 Å². The summed E-state index contributed by atoms with van der Waals surface area (Å²) in [4.78, 5) is 22.1. The normalized spacial score (nSPS) is 13.9. The second-order valence-corrected chi connectivity index (χ2v) is 4.16. The van der Waals surface area contributed by atoms with Crippen LogP contribution in [0.1, 0.15) is 27.2 Å². The number of rotatable bonds is 5. The Morgan fingerprint density at radius 2 is 1.72 bits per heavy atom. The van der Waals surface area contributed by atoms with Crippen molar-refractivity contribution in [3.8, 4) is 0 Å². The molecule has 0 aliphatic rings. The molecule has 0 N–H and O–H groups in total. The van der Waals surface area contributed by atoms with Crippen LogP contribution in [0.5, 0.6) is 0 Å². The van der Waals surface area contributed by atoms with Crippen LogP contribution in [-0.2, 0) is 19.1 Å². The van der Waals surface area contributed by atoms with Crippen LogP contribution in [0.4, 0.5) is 17.6 Å². The van der Waals surface area contributed by atoms with Gasteiger partial charge in [0.1, 0.15) is 0 Å². The molecule has 0 aromatic rings. The third kappa shape index (κ3) is 5.33. The average molecular weight is 274 g/mol. The van der Waals surface area contributed by atoms with E-state index in [-0.39, 0.29) is 0 Å². The van der Waals surface area contributed by atoms with Crippen molar-refractivity contribution in [2.75, 3.05) is 6.61 Å². The first-order chi connectivity index (χ1) is 8.00. The second kappa shape index (κ2) is 6.01. The third-order valence-electron chi connectivity index (χ3n) is 2.25. The van der Waals surface area contributed by atoms with Crippen molar-refractivity contribution in [2.45, 2.75) is 39.7 Å². The summed E-state index contributed by atoms with van der Waals surface area (Å²) in [6.45, 7) is 3.71. The molecule has 0 bridgehead atoms. The zero-order valence-corrected chi connectivity index (χ0v) is 10.1. The van der Waals surface area contributed by atoms with Gasteiger partial charge in [-0.15, -0.1) is 0 Å². The summed E-state index contributed by atoms with van der Waals surface area (Å²) in [5, 5.41) is 0. The van der Waals surface area contributed by atoms with E-state index >= 15 is 0 Å². The van der Waals surface area contributed by atoms with Crippen LogP contribution < -0.4 is 0 Å². The number of hydrogen-bond donors (Lipinski definition) is 0. The number of alkyl halides is 4. The highest BCUT2D eigenvalue weighted by atomic mass is 19.4. The van der Waals surface area contributed by atoms with Gasteiger partial charge >= 0.3 is 24.5 Å². The molecule has 0 rings (SSSR count). The van der Waals surface area contributed by atoms with Crippen molar-refractivity contribution >= 4 is 11.9 Å². The van der Waals surface area contributed by atoms with Crippen LogP contribution in [0.3, 0.4) is 0 Å². The Labute approximate surface area is 101 Å². The maximum Gasteiger partial charge on any atom is 0.457 e. The van der Waals surface area contributed by atoms with Crippen molar-refractivity contribution in [1.29, 1.82) is 0 Å². The Morgan fingerprint density at radius 1 is 1.22 bits per heavy atom. The largest absolute Gasteiger partial charge is 0.457 e. The van der Waals surface area contributed by atoms with Crippen molar-refractivity contribution in [3.63, 3.8) is 0 Å². The minimum absolute atomic E-state index is 0.412. The fraction of sp³-hybridized carbons (Fsp3) is 0.800. The predicted molar refractivity (Wildman–Crippen MR) is 52.1 cm³/mol. The lowest BCUT2D eigenvalue weighted by atomic mass is 9.91. The highest BCUT2D eigenvalue weighted by molar-refractivity contribution is 5.79. The molecule has 0 saturated heterocycles. The van der Waals surface area contributed by atoms with Crippen molar-refractivity contribution in [2.24, 2.45) is 5.41 Å². The first-order valence-corrected chi connectivity index (χ1v) is 5.08. The molecule has 0 aliphatic heterocycles. The molecular weight excluding hydrogens is 260 g/mol. The number of carbonyl (C=O) groups excluding carboxylic acids is 2. The van der Waals surface area contributed by atoms with Gasteiger partial charge in [-0.2, -0.15) is 17.6 Å². The predicted octanol–water partition coefficient (Wildman–Crippen LogP) is 2.37. The molecule has 0 radical (unpaired) electrons. The molecule has 0 heterocycles. The molecule has 1 unspecified atom stereocenters. The maximum atomic E-state index is 12.3. The lowest BCUT2D eigenvalue weighted by molar-refractivity contribution is -0.259. The molecule has 0 amide bonds. The quantitative estimate of drug-likeness (QED) is 0.570. The van der Waals surface area contributed by atoms with Gasteiger partial charge in [0.05, 0.1) is 5.41 Å². The minimum atomic E-state index is -5.29. The summed E-state index contributed by atoms with van der Waals surface area (Å²) in [5.74, 6) is -2.37. The van der Waals surface area contributed by atoms with Crippen LogP contribution in [0.15, 0.2) is 0 Å². The molecule has 4 nitrogen and oxygen atoms in total. The standard InChI is InChI=1S/C10H14F4O4/c1-4-9(2,3)8(16)17-5-6(15)18-7(11)10(12,13)14/h7H,4-5H2,1-3H3. The zero-order valence-electron chi connectivity index (χ0n) is 10.1. The van der Waals surface area contributed by atoms with Crippen molar-refractivity contribution in [1.82, 2.24) is 0 Å². The van der Waals surface area contributed by atoms with E-state index < -0.39 is 36.5 Å². The Balaban J connectivity index is 4.18. The molecule has 0 aromatic heterocycles. The van der Waals surface area contributed by atoms with Gasteiger partial charge in [-0.1, -0.05) is 6.92 Å². The average Bonchev–Trinajstić information content (AvgIpc) is 2.24. The fourth-order valence-corrected chi connectivity index (χ4v) is 0.680. The van der Waals surface area contributed by atoms with E-state index in [0.717, 1.165) is 0 Å². The monoisotopic (exact) mass is 274 g/mol. The van der Waals surface area contributed by atoms with E-state index in [1.807, 2.05) is 0 Å². The first-order valence-electron chi connectivity index (χ1n) is 5.08. The van der Waals surface area contributed by atoms with E-state index in [1.165, 1.54) is 13.8 Å². The molecule has 0 aromatic carbocycles. The molecule has 1 atom stereocenters.